The molecule has 0 bridgehead atoms. The number of aryl methyl sites for hydroxylation is 3. The summed E-state index contributed by atoms with van der Waals surface area (Å²) < 4.78 is 18.8. The number of methoxy groups -OCH3 is 2. The average molecular weight is 516 g/mol. The molecular formula is C31H37N3O4. The number of ether oxygens (including phenoxy) is 3. The lowest BCUT2D eigenvalue weighted by atomic mass is 10.1. The summed E-state index contributed by atoms with van der Waals surface area (Å²) in [5, 5.41) is 3.00. The Kier molecular flexibility index (Phi) is 9.62. The second-order valence-electron chi connectivity index (χ2n) is 9.32. The van der Waals surface area contributed by atoms with Crippen molar-refractivity contribution in [2.45, 2.75) is 45.6 Å². The Bertz CT molecular complexity index is 1330. The number of unbranched alkanes of at least 4 members (excludes halogenated alkanes) is 2. The van der Waals surface area contributed by atoms with Crippen molar-refractivity contribution in [2.24, 2.45) is 0 Å². The molecule has 7 heteroatoms. The highest BCUT2D eigenvalue weighted by molar-refractivity contribution is 5.94. The van der Waals surface area contributed by atoms with E-state index in [1.807, 2.05) is 18.2 Å². The van der Waals surface area contributed by atoms with Crippen LogP contribution in [0.2, 0.25) is 0 Å². The summed E-state index contributed by atoms with van der Waals surface area (Å²) in [6, 6.07) is 21.7. The van der Waals surface area contributed by atoms with Gasteiger partial charge in [0.2, 0.25) is 0 Å². The molecule has 1 aromatic heterocycles. The molecule has 0 unspecified atom stereocenters. The first-order valence-corrected chi connectivity index (χ1v) is 13.2. The van der Waals surface area contributed by atoms with E-state index >= 15 is 0 Å². The van der Waals surface area contributed by atoms with Crippen LogP contribution in [0.1, 0.15) is 47.4 Å². The smallest absolute Gasteiger partial charge is 0.251 e. The van der Waals surface area contributed by atoms with Crippen LogP contribution in [0.15, 0.2) is 66.7 Å². The number of hydrogen-bond acceptors (Lipinski definition) is 5. The molecule has 0 atom stereocenters. The summed E-state index contributed by atoms with van der Waals surface area (Å²) in [5.74, 6) is 3.06. The molecule has 0 spiro atoms. The van der Waals surface area contributed by atoms with Crippen LogP contribution in [-0.2, 0) is 13.0 Å². The molecule has 0 fully saturated rings. The Balaban J connectivity index is 1.23. The van der Waals surface area contributed by atoms with E-state index < -0.39 is 0 Å². The van der Waals surface area contributed by atoms with E-state index in [2.05, 4.69) is 47.1 Å². The number of hydrogen-bond donors (Lipinski definition) is 1. The number of nitrogens with zero attached hydrogens (tertiary/aromatic N) is 2. The fourth-order valence-corrected chi connectivity index (χ4v) is 4.48. The molecule has 200 valence electrons. The van der Waals surface area contributed by atoms with E-state index in [0.29, 0.717) is 30.2 Å². The maximum atomic E-state index is 12.5. The minimum absolute atomic E-state index is 0.111. The van der Waals surface area contributed by atoms with Gasteiger partial charge in [0, 0.05) is 25.1 Å². The van der Waals surface area contributed by atoms with Gasteiger partial charge in [0.25, 0.3) is 5.91 Å². The lowest BCUT2D eigenvalue weighted by Gasteiger charge is -2.11. The highest BCUT2D eigenvalue weighted by Gasteiger charge is 2.12. The van der Waals surface area contributed by atoms with Crippen molar-refractivity contribution in [2.75, 3.05) is 27.4 Å². The third-order valence-electron chi connectivity index (χ3n) is 6.56. The Labute approximate surface area is 224 Å². The number of carbonyl (C=O) groups excluding carboxylic acids is 1. The van der Waals surface area contributed by atoms with Gasteiger partial charge in [-0.25, -0.2) is 4.98 Å². The van der Waals surface area contributed by atoms with E-state index in [1.165, 1.54) is 11.1 Å². The van der Waals surface area contributed by atoms with Gasteiger partial charge in [0.05, 0.1) is 31.9 Å². The van der Waals surface area contributed by atoms with Gasteiger partial charge in [0.15, 0.2) is 11.5 Å². The molecule has 1 amide bonds. The minimum Gasteiger partial charge on any atom is -0.494 e. The number of imidazole rings is 1. The van der Waals surface area contributed by atoms with Crippen molar-refractivity contribution >= 4 is 16.9 Å². The summed E-state index contributed by atoms with van der Waals surface area (Å²) in [4.78, 5) is 17.4. The highest BCUT2D eigenvalue weighted by atomic mass is 16.5. The van der Waals surface area contributed by atoms with Crippen molar-refractivity contribution < 1.29 is 19.0 Å². The van der Waals surface area contributed by atoms with Crippen molar-refractivity contribution in [3.63, 3.8) is 0 Å². The molecule has 3 aromatic carbocycles. The molecule has 0 saturated heterocycles. The van der Waals surface area contributed by atoms with Gasteiger partial charge in [-0.3, -0.25) is 4.79 Å². The summed E-state index contributed by atoms with van der Waals surface area (Å²) in [5.41, 5.74) is 3.99. The lowest BCUT2D eigenvalue weighted by molar-refractivity contribution is 0.0952. The van der Waals surface area contributed by atoms with Gasteiger partial charge in [-0.05, 0) is 68.7 Å². The molecule has 0 saturated carbocycles. The fourth-order valence-electron chi connectivity index (χ4n) is 4.48. The first-order chi connectivity index (χ1) is 18.6. The Hall–Kier alpha value is -4.00. The van der Waals surface area contributed by atoms with E-state index in [-0.39, 0.29) is 5.91 Å². The molecule has 0 aliphatic carbocycles. The summed E-state index contributed by atoms with van der Waals surface area (Å²) in [6.45, 7) is 4.23. The third kappa shape index (κ3) is 7.06. The number of rotatable bonds is 14. The molecule has 0 radical (unpaired) electrons. The second-order valence-corrected chi connectivity index (χ2v) is 9.32. The van der Waals surface area contributed by atoms with Crippen LogP contribution in [0.5, 0.6) is 17.2 Å². The zero-order chi connectivity index (χ0) is 26.7. The van der Waals surface area contributed by atoms with E-state index in [9.17, 15) is 4.79 Å². The van der Waals surface area contributed by atoms with Crippen LogP contribution in [0.3, 0.4) is 0 Å². The van der Waals surface area contributed by atoms with E-state index in [0.717, 1.165) is 55.7 Å². The van der Waals surface area contributed by atoms with Gasteiger partial charge in [-0.2, -0.15) is 0 Å². The third-order valence-corrected chi connectivity index (χ3v) is 6.56. The number of fused-ring (bicyclic) bond motifs is 1. The number of aromatic nitrogens is 2. The van der Waals surface area contributed by atoms with Gasteiger partial charge in [0.1, 0.15) is 11.6 Å². The zero-order valence-electron chi connectivity index (χ0n) is 22.5. The molecule has 1 N–H and O–H groups in total. The number of amides is 1. The number of carbonyl (C=O) groups is 1. The molecule has 0 aliphatic rings. The van der Waals surface area contributed by atoms with Crippen LogP contribution in [-0.4, -0.2) is 42.8 Å². The topological polar surface area (TPSA) is 74.6 Å². The quantitative estimate of drug-likeness (QED) is 0.209. The van der Waals surface area contributed by atoms with E-state index in [1.54, 1.807) is 32.4 Å². The van der Waals surface area contributed by atoms with Crippen LogP contribution >= 0.6 is 0 Å². The van der Waals surface area contributed by atoms with Crippen LogP contribution in [0, 0.1) is 6.92 Å². The van der Waals surface area contributed by atoms with E-state index in [4.69, 9.17) is 19.2 Å². The van der Waals surface area contributed by atoms with Crippen molar-refractivity contribution in [3.05, 3.63) is 83.7 Å². The summed E-state index contributed by atoms with van der Waals surface area (Å²) in [6.07, 6.45) is 4.73. The monoisotopic (exact) mass is 515 g/mol. The van der Waals surface area contributed by atoms with Crippen molar-refractivity contribution in [3.8, 4) is 17.2 Å². The standard InChI is InChI=1S/C31H37N3O4/c1-23-13-16-25(17-14-23)38-21-9-20-34-27-11-7-6-10-26(27)33-30(34)12-5-4-8-19-32-31(35)24-15-18-28(36-2)29(22-24)37-3/h6-7,10-11,13-18,22H,4-5,8-9,12,19-21H2,1-3H3,(H,32,35). The normalized spacial score (nSPS) is 10.9. The van der Waals surface area contributed by atoms with Gasteiger partial charge < -0.3 is 24.1 Å². The number of nitrogens with one attached hydrogen (secondary N) is 1. The summed E-state index contributed by atoms with van der Waals surface area (Å²) in [7, 11) is 3.14. The average Bonchev–Trinajstić information content (AvgIpc) is 3.30. The van der Waals surface area contributed by atoms with Crippen LogP contribution in [0.4, 0.5) is 0 Å². The predicted octanol–water partition coefficient (Wildman–Crippen LogP) is 5.97. The first kappa shape index (κ1) is 27.0. The Morgan fingerprint density at radius 3 is 2.47 bits per heavy atom. The first-order valence-electron chi connectivity index (χ1n) is 13.2. The molecule has 1 heterocycles. The van der Waals surface area contributed by atoms with Gasteiger partial charge in [-0.1, -0.05) is 36.2 Å². The van der Waals surface area contributed by atoms with Gasteiger partial charge >= 0.3 is 0 Å². The Morgan fingerprint density at radius 1 is 0.895 bits per heavy atom. The molecule has 4 rings (SSSR count). The lowest BCUT2D eigenvalue weighted by Crippen LogP contribution is -2.24. The van der Waals surface area contributed by atoms with Crippen LogP contribution in [0.25, 0.3) is 11.0 Å². The maximum absolute atomic E-state index is 12.5. The zero-order valence-corrected chi connectivity index (χ0v) is 22.5. The molecule has 0 aliphatic heterocycles. The molecular weight excluding hydrogens is 478 g/mol. The number of para-hydroxylation sites is 2. The fraction of sp³-hybridized carbons (Fsp3) is 0.355. The van der Waals surface area contributed by atoms with Gasteiger partial charge in [-0.15, -0.1) is 0 Å². The predicted molar refractivity (Wildman–Crippen MR) is 150 cm³/mol. The molecule has 4 aromatic rings. The molecule has 38 heavy (non-hydrogen) atoms. The van der Waals surface area contributed by atoms with Crippen LogP contribution < -0.4 is 19.5 Å². The largest absolute Gasteiger partial charge is 0.494 e. The number of benzene rings is 3. The van der Waals surface area contributed by atoms with Crippen molar-refractivity contribution in [1.82, 2.24) is 14.9 Å². The summed E-state index contributed by atoms with van der Waals surface area (Å²) >= 11 is 0. The minimum atomic E-state index is -0.111. The molecule has 7 nitrogen and oxygen atoms in total. The Morgan fingerprint density at radius 2 is 1.68 bits per heavy atom. The van der Waals surface area contributed by atoms with Crippen molar-refractivity contribution in [1.29, 1.82) is 0 Å². The highest BCUT2D eigenvalue weighted by Crippen LogP contribution is 2.27. The SMILES string of the molecule is COc1ccc(C(=O)NCCCCCc2nc3ccccc3n2CCCOc2ccc(C)cc2)cc1OC. The maximum Gasteiger partial charge on any atom is 0.251 e. The second kappa shape index (κ2) is 13.5.